The van der Waals surface area contributed by atoms with Crippen LogP contribution in [0.4, 0.5) is 0 Å². The van der Waals surface area contributed by atoms with Crippen molar-refractivity contribution in [1.82, 2.24) is 5.32 Å². The third kappa shape index (κ3) is 12.3. The fraction of sp³-hybridized carbons (Fsp3) is 0.727. The summed E-state index contributed by atoms with van der Waals surface area (Å²) in [7, 11) is 2.06. The van der Waals surface area contributed by atoms with E-state index in [1.165, 1.54) is 43.3 Å². The van der Waals surface area contributed by atoms with Gasteiger partial charge in [0.05, 0.1) is 0 Å². The van der Waals surface area contributed by atoms with Crippen LogP contribution in [-0.4, -0.2) is 13.6 Å². The van der Waals surface area contributed by atoms with E-state index in [0.29, 0.717) is 11.8 Å². The first-order valence-corrected chi connectivity index (χ1v) is 9.55. The van der Waals surface area contributed by atoms with Gasteiger partial charge in [-0.25, -0.2) is 0 Å². The quantitative estimate of drug-likeness (QED) is 0.318. The van der Waals surface area contributed by atoms with Crippen LogP contribution in [0.25, 0.3) is 0 Å². The Labute approximate surface area is 146 Å². The summed E-state index contributed by atoms with van der Waals surface area (Å²) in [6.45, 7) is 14.6. The molecule has 0 spiro atoms. The van der Waals surface area contributed by atoms with Gasteiger partial charge in [0.15, 0.2) is 0 Å². The minimum atomic E-state index is 0.689. The summed E-state index contributed by atoms with van der Waals surface area (Å²) in [6, 6.07) is 0. The highest BCUT2D eigenvalue weighted by Gasteiger charge is 2.14. The van der Waals surface area contributed by atoms with E-state index in [2.05, 4.69) is 78.2 Å². The van der Waals surface area contributed by atoms with Gasteiger partial charge in [-0.1, -0.05) is 62.6 Å². The summed E-state index contributed by atoms with van der Waals surface area (Å²) < 4.78 is 0. The Morgan fingerprint density at radius 1 is 1.00 bits per heavy atom. The van der Waals surface area contributed by atoms with Gasteiger partial charge in [0.25, 0.3) is 0 Å². The van der Waals surface area contributed by atoms with E-state index in [1.807, 2.05) is 0 Å². The van der Waals surface area contributed by atoms with Gasteiger partial charge in [-0.3, -0.25) is 0 Å². The van der Waals surface area contributed by atoms with Crippen molar-refractivity contribution in [2.45, 2.75) is 73.6 Å². The van der Waals surface area contributed by atoms with Crippen molar-refractivity contribution in [2.75, 3.05) is 13.6 Å². The van der Waals surface area contributed by atoms with Crippen molar-refractivity contribution in [3.05, 3.63) is 35.5 Å². The molecule has 0 fully saturated rings. The summed E-state index contributed by atoms with van der Waals surface area (Å²) >= 11 is 0. The summed E-state index contributed by atoms with van der Waals surface area (Å²) in [6.07, 6.45) is 15.7. The van der Waals surface area contributed by atoms with Crippen LogP contribution in [0.2, 0.25) is 0 Å². The molecule has 134 valence electrons. The molecular formula is C22H41N. The zero-order valence-electron chi connectivity index (χ0n) is 16.8. The predicted molar refractivity (Wildman–Crippen MR) is 107 cm³/mol. The highest BCUT2D eigenvalue weighted by atomic mass is 14.8. The van der Waals surface area contributed by atoms with Gasteiger partial charge in [0.2, 0.25) is 0 Å². The van der Waals surface area contributed by atoms with Gasteiger partial charge in [0.1, 0.15) is 0 Å². The fourth-order valence-corrected chi connectivity index (χ4v) is 3.01. The Hall–Kier alpha value is -0.820. The summed E-state index contributed by atoms with van der Waals surface area (Å²) in [5.41, 5.74) is 2.94. The van der Waals surface area contributed by atoms with E-state index < -0.39 is 0 Å². The molecular weight excluding hydrogens is 278 g/mol. The van der Waals surface area contributed by atoms with Crippen LogP contribution in [0.3, 0.4) is 0 Å². The molecule has 0 aliphatic rings. The van der Waals surface area contributed by atoms with E-state index in [0.717, 1.165) is 12.5 Å². The third-order valence-corrected chi connectivity index (χ3v) is 4.49. The van der Waals surface area contributed by atoms with Crippen molar-refractivity contribution < 1.29 is 0 Å². The molecule has 0 saturated heterocycles. The number of hydrogen-bond donors (Lipinski definition) is 1. The van der Waals surface area contributed by atoms with Crippen molar-refractivity contribution >= 4 is 0 Å². The first-order valence-electron chi connectivity index (χ1n) is 9.55. The van der Waals surface area contributed by atoms with Crippen molar-refractivity contribution in [3.63, 3.8) is 0 Å². The van der Waals surface area contributed by atoms with Crippen LogP contribution in [0.5, 0.6) is 0 Å². The maximum Gasteiger partial charge on any atom is -0.00463 e. The second kappa shape index (κ2) is 13.6. The second-order valence-corrected chi connectivity index (χ2v) is 7.40. The largest absolute Gasteiger partial charge is 0.320 e. The highest BCUT2D eigenvalue weighted by Crippen LogP contribution is 2.26. The van der Waals surface area contributed by atoms with E-state index in [-0.39, 0.29) is 0 Å². The molecule has 1 N–H and O–H groups in total. The Kier molecular flexibility index (Phi) is 13.1. The average molecular weight is 320 g/mol. The summed E-state index contributed by atoms with van der Waals surface area (Å²) in [5.74, 6) is 2.17. The third-order valence-electron chi connectivity index (χ3n) is 4.49. The molecule has 1 heteroatoms. The molecule has 0 amide bonds. The van der Waals surface area contributed by atoms with E-state index in [1.54, 1.807) is 0 Å². The molecule has 23 heavy (non-hydrogen) atoms. The Morgan fingerprint density at radius 3 is 2.17 bits per heavy atom. The molecule has 0 rings (SSSR count). The number of hydrogen-bond acceptors (Lipinski definition) is 1. The van der Waals surface area contributed by atoms with Gasteiger partial charge in [-0.05, 0) is 77.8 Å². The average Bonchev–Trinajstić information content (AvgIpc) is 2.50. The van der Waals surface area contributed by atoms with Crippen LogP contribution < -0.4 is 5.32 Å². The number of nitrogens with one attached hydrogen (secondary N) is 1. The van der Waals surface area contributed by atoms with Crippen LogP contribution in [0.1, 0.15) is 73.6 Å². The first kappa shape index (κ1) is 22.2. The van der Waals surface area contributed by atoms with Gasteiger partial charge < -0.3 is 5.32 Å². The SMILES string of the molecule is C/C=C\C(C)=C/C(CCC(C)C)CC(/C=C(/C)CC)CCNC. The van der Waals surface area contributed by atoms with E-state index >= 15 is 0 Å². The summed E-state index contributed by atoms with van der Waals surface area (Å²) in [4.78, 5) is 0. The molecule has 2 atom stereocenters. The molecule has 0 aromatic heterocycles. The fourth-order valence-electron chi connectivity index (χ4n) is 3.01. The minimum Gasteiger partial charge on any atom is -0.320 e. The first-order chi connectivity index (χ1) is 10.9. The van der Waals surface area contributed by atoms with Crippen LogP contribution >= 0.6 is 0 Å². The molecule has 0 aliphatic heterocycles. The molecule has 0 aromatic rings. The van der Waals surface area contributed by atoms with Crippen LogP contribution in [-0.2, 0) is 0 Å². The lowest BCUT2D eigenvalue weighted by atomic mass is 9.85. The van der Waals surface area contributed by atoms with E-state index in [9.17, 15) is 0 Å². The molecule has 0 bridgehead atoms. The minimum absolute atomic E-state index is 0.689. The van der Waals surface area contributed by atoms with Crippen LogP contribution in [0, 0.1) is 17.8 Å². The highest BCUT2D eigenvalue weighted by molar-refractivity contribution is 5.16. The van der Waals surface area contributed by atoms with Gasteiger partial charge in [-0.2, -0.15) is 0 Å². The Balaban J connectivity index is 5.04. The Morgan fingerprint density at radius 2 is 1.65 bits per heavy atom. The molecule has 0 aliphatic carbocycles. The van der Waals surface area contributed by atoms with Crippen molar-refractivity contribution in [1.29, 1.82) is 0 Å². The maximum atomic E-state index is 3.32. The van der Waals surface area contributed by atoms with Crippen molar-refractivity contribution in [2.24, 2.45) is 17.8 Å². The lowest BCUT2D eigenvalue weighted by Crippen LogP contribution is -2.15. The monoisotopic (exact) mass is 319 g/mol. The van der Waals surface area contributed by atoms with E-state index in [4.69, 9.17) is 0 Å². The van der Waals surface area contributed by atoms with Gasteiger partial charge >= 0.3 is 0 Å². The van der Waals surface area contributed by atoms with Gasteiger partial charge in [-0.15, -0.1) is 0 Å². The maximum absolute atomic E-state index is 3.32. The standard InChI is InChI=1S/C22H41N/c1-8-10-20(6)16-21(12-11-18(3)4)17-22(13-14-23-7)15-19(5)9-2/h8,10,15-16,18,21-23H,9,11-14,17H2,1-7H3/b10-8-,19-15-,20-16-. The predicted octanol–water partition coefficient (Wildman–Crippen LogP) is 6.53. The zero-order valence-corrected chi connectivity index (χ0v) is 16.8. The normalized spacial score (nSPS) is 16.3. The molecule has 0 aromatic carbocycles. The molecule has 0 saturated carbocycles. The number of rotatable bonds is 12. The second-order valence-electron chi connectivity index (χ2n) is 7.40. The lowest BCUT2D eigenvalue weighted by Gasteiger charge is -2.21. The van der Waals surface area contributed by atoms with Crippen LogP contribution in [0.15, 0.2) is 35.5 Å². The topological polar surface area (TPSA) is 12.0 Å². The Bertz CT molecular complexity index is 373. The summed E-state index contributed by atoms with van der Waals surface area (Å²) in [5, 5.41) is 3.32. The molecule has 2 unspecified atom stereocenters. The van der Waals surface area contributed by atoms with Crippen molar-refractivity contribution in [3.8, 4) is 0 Å². The smallest absolute Gasteiger partial charge is 0.00463 e. The molecule has 0 heterocycles. The molecule has 1 nitrogen and oxygen atoms in total. The molecule has 0 radical (unpaired) electrons. The zero-order chi connectivity index (χ0) is 17.7. The van der Waals surface area contributed by atoms with Gasteiger partial charge in [0, 0.05) is 0 Å². The number of allylic oxidation sites excluding steroid dienone is 6. The lowest BCUT2D eigenvalue weighted by molar-refractivity contribution is 0.399.